The fourth-order valence-electron chi connectivity index (χ4n) is 1.17. The second-order valence-corrected chi connectivity index (χ2v) is 5.54. The van der Waals surface area contributed by atoms with Gasteiger partial charge in [0, 0.05) is 6.54 Å². The third-order valence-corrected chi connectivity index (χ3v) is 3.53. The van der Waals surface area contributed by atoms with Gasteiger partial charge in [-0.3, -0.25) is 4.79 Å². The smallest absolute Gasteiger partial charge is 0.354 e. The first-order chi connectivity index (χ1) is 8.85. The van der Waals surface area contributed by atoms with Crippen LogP contribution in [0.25, 0.3) is 0 Å². The number of aromatic nitrogens is 1. The van der Waals surface area contributed by atoms with E-state index in [1.807, 2.05) is 0 Å². The van der Waals surface area contributed by atoms with E-state index >= 15 is 0 Å². The standard InChI is InChI=1S/C10H13N3O5S/c1-11-19(17,18)6-5-12-9(14)7-3-2-4-8(13-7)10(15)16/h2-4,11H,5-6H2,1H3,(H,12,14)(H,15,16). The Hall–Kier alpha value is -2.00. The third-order valence-electron chi connectivity index (χ3n) is 2.17. The normalized spacial score (nSPS) is 11.0. The molecule has 9 heteroatoms. The van der Waals surface area contributed by atoms with Crippen molar-refractivity contribution in [2.24, 2.45) is 0 Å². The van der Waals surface area contributed by atoms with Crippen LogP contribution in [0.15, 0.2) is 18.2 Å². The van der Waals surface area contributed by atoms with E-state index in [1.54, 1.807) is 0 Å². The molecule has 0 radical (unpaired) electrons. The number of rotatable bonds is 6. The van der Waals surface area contributed by atoms with Crippen LogP contribution < -0.4 is 10.0 Å². The lowest BCUT2D eigenvalue weighted by Gasteiger charge is -2.05. The lowest BCUT2D eigenvalue weighted by atomic mass is 10.3. The van der Waals surface area contributed by atoms with Crippen molar-refractivity contribution >= 4 is 21.9 Å². The van der Waals surface area contributed by atoms with Gasteiger partial charge in [-0.2, -0.15) is 0 Å². The Morgan fingerprint density at radius 1 is 1.32 bits per heavy atom. The highest BCUT2D eigenvalue weighted by molar-refractivity contribution is 7.89. The second kappa shape index (κ2) is 6.25. The number of carbonyl (C=O) groups excluding carboxylic acids is 1. The number of nitrogens with zero attached hydrogens (tertiary/aromatic N) is 1. The van der Waals surface area contributed by atoms with Crippen molar-refractivity contribution in [3.63, 3.8) is 0 Å². The Kier molecular flexibility index (Phi) is 4.95. The van der Waals surface area contributed by atoms with Gasteiger partial charge in [0.25, 0.3) is 5.91 Å². The topological polar surface area (TPSA) is 125 Å². The molecule has 1 rings (SSSR count). The summed E-state index contributed by atoms with van der Waals surface area (Å²) in [6.45, 7) is -0.0962. The molecule has 1 heterocycles. The molecule has 0 saturated heterocycles. The molecule has 0 atom stereocenters. The second-order valence-electron chi connectivity index (χ2n) is 3.49. The van der Waals surface area contributed by atoms with Crippen LogP contribution in [0.4, 0.5) is 0 Å². The first-order valence-electron chi connectivity index (χ1n) is 5.25. The summed E-state index contributed by atoms with van der Waals surface area (Å²) in [5.74, 6) is -2.14. The Morgan fingerprint density at radius 2 is 1.95 bits per heavy atom. The van der Waals surface area contributed by atoms with Crippen LogP contribution in [0.2, 0.25) is 0 Å². The van der Waals surface area contributed by atoms with Crippen molar-refractivity contribution < 1.29 is 23.1 Å². The molecule has 1 aromatic rings. The van der Waals surface area contributed by atoms with Gasteiger partial charge >= 0.3 is 5.97 Å². The molecule has 0 aliphatic carbocycles. The predicted molar refractivity (Wildman–Crippen MR) is 66.4 cm³/mol. The maximum absolute atomic E-state index is 11.6. The lowest BCUT2D eigenvalue weighted by molar-refractivity contribution is 0.0690. The number of amides is 1. The Labute approximate surface area is 109 Å². The van der Waals surface area contributed by atoms with E-state index in [0.29, 0.717) is 0 Å². The highest BCUT2D eigenvalue weighted by Gasteiger charge is 2.12. The molecule has 0 unspecified atom stereocenters. The number of aromatic carboxylic acids is 1. The quantitative estimate of drug-likeness (QED) is 0.620. The average molecular weight is 287 g/mol. The number of carboxylic acid groups (broad SMARTS) is 1. The Balaban J connectivity index is 2.64. The number of hydrogen-bond acceptors (Lipinski definition) is 5. The van der Waals surface area contributed by atoms with E-state index in [-0.39, 0.29) is 23.7 Å². The summed E-state index contributed by atoms with van der Waals surface area (Å²) in [5.41, 5.74) is -0.336. The molecule has 1 aromatic heterocycles. The van der Waals surface area contributed by atoms with Gasteiger partial charge in [0.15, 0.2) is 0 Å². The maximum Gasteiger partial charge on any atom is 0.354 e. The monoisotopic (exact) mass is 287 g/mol. The predicted octanol–water partition coefficient (Wildman–Crippen LogP) is -0.941. The van der Waals surface area contributed by atoms with Crippen molar-refractivity contribution in [2.75, 3.05) is 19.3 Å². The summed E-state index contributed by atoms with van der Waals surface area (Å²) in [7, 11) is -2.13. The number of carbonyl (C=O) groups is 2. The molecular formula is C10H13N3O5S. The highest BCUT2D eigenvalue weighted by atomic mass is 32.2. The summed E-state index contributed by atoms with van der Waals surface area (Å²) in [4.78, 5) is 25.9. The van der Waals surface area contributed by atoms with Gasteiger partial charge in [-0.15, -0.1) is 0 Å². The third kappa shape index (κ3) is 4.64. The summed E-state index contributed by atoms with van der Waals surface area (Å²) >= 11 is 0. The molecule has 19 heavy (non-hydrogen) atoms. The van der Waals surface area contributed by atoms with Gasteiger partial charge in [-0.25, -0.2) is 22.9 Å². The maximum atomic E-state index is 11.6. The number of hydrogen-bond donors (Lipinski definition) is 3. The SMILES string of the molecule is CNS(=O)(=O)CCNC(=O)c1cccc(C(=O)O)n1. The van der Waals surface area contributed by atoms with E-state index in [1.165, 1.54) is 25.2 Å². The number of sulfonamides is 1. The molecule has 104 valence electrons. The van der Waals surface area contributed by atoms with Crippen LogP contribution in [-0.4, -0.2) is 49.7 Å². The molecule has 8 nitrogen and oxygen atoms in total. The average Bonchev–Trinajstić information content (AvgIpc) is 2.38. The van der Waals surface area contributed by atoms with Crippen LogP contribution in [0.1, 0.15) is 21.0 Å². The zero-order chi connectivity index (χ0) is 14.5. The van der Waals surface area contributed by atoms with Crippen LogP contribution in [0.5, 0.6) is 0 Å². The molecule has 0 bridgehead atoms. The molecule has 0 aliphatic rings. The van der Waals surface area contributed by atoms with E-state index in [9.17, 15) is 18.0 Å². The van der Waals surface area contributed by atoms with Crippen molar-refractivity contribution in [1.82, 2.24) is 15.0 Å². The molecule has 0 spiro atoms. The summed E-state index contributed by atoms with van der Waals surface area (Å²) < 4.78 is 24.3. The van der Waals surface area contributed by atoms with Crippen molar-refractivity contribution in [2.45, 2.75) is 0 Å². The number of nitrogens with one attached hydrogen (secondary N) is 2. The first-order valence-corrected chi connectivity index (χ1v) is 6.91. The number of carboxylic acids is 1. The van der Waals surface area contributed by atoms with E-state index in [4.69, 9.17) is 5.11 Å². The fraction of sp³-hybridized carbons (Fsp3) is 0.300. The van der Waals surface area contributed by atoms with E-state index in [2.05, 4.69) is 15.0 Å². The summed E-state index contributed by atoms with van der Waals surface area (Å²) in [5, 5.41) is 11.1. The molecule has 0 aromatic carbocycles. The summed E-state index contributed by atoms with van der Waals surface area (Å²) in [6.07, 6.45) is 0. The van der Waals surface area contributed by atoms with E-state index in [0.717, 1.165) is 0 Å². The zero-order valence-corrected chi connectivity index (χ0v) is 10.9. The van der Waals surface area contributed by atoms with Gasteiger partial charge in [0.2, 0.25) is 10.0 Å². The Bertz CT molecular complexity index is 585. The van der Waals surface area contributed by atoms with Gasteiger partial charge < -0.3 is 10.4 Å². The van der Waals surface area contributed by atoms with Crippen molar-refractivity contribution in [3.05, 3.63) is 29.6 Å². The fourth-order valence-corrected chi connectivity index (χ4v) is 1.75. The number of pyridine rings is 1. The Morgan fingerprint density at radius 3 is 2.53 bits per heavy atom. The minimum atomic E-state index is -3.40. The van der Waals surface area contributed by atoms with Gasteiger partial charge in [0.1, 0.15) is 11.4 Å². The largest absolute Gasteiger partial charge is 0.477 e. The minimum Gasteiger partial charge on any atom is -0.477 e. The highest BCUT2D eigenvalue weighted by Crippen LogP contribution is 1.99. The zero-order valence-electron chi connectivity index (χ0n) is 10.1. The molecule has 0 saturated carbocycles. The van der Waals surface area contributed by atoms with Crippen molar-refractivity contribution in [3.8, 4) is 0 Å². The molecule has 0 fully saturated rings. The first kappa shape index (κ1) is 15.1. The van der Waals surface area contributed by atoms with Crippen LogP contribution >= 0.6 is 0 Å². The molecule has 3 N–H and O–H groups in total. The van der Waals surface area contributed by atoms with Crippen LogP contribution in [0.3, 0.4) is 0 Å². The van der Waals surface area contributed by atoms with Crippen LogP contribution in [-0.2, 0) is 10.0 Å². The molecular weight excluding hydrogens is 274 g/mol. The van der Waals surface area contributed by atoms with Gasteiger partial charge in [-0.05, 0) is 19.2 Å². The van der Waals surface area contributed by atoms with Gasteiger partial charge in [0.05, 0.1) is 5.75 Å². The lowest BCUT2D eigenvalue weighted by Crippen LogP contribution is -2.33. The molecule has 1 amide bonds. The van der Waals surface area contributed by atoms with E-state index < -0.39 is 21.9 Å². The van der Waals surface area contributed by atoms with Crippen LogP contribution in [0, 0.1) is 0 Å². The van der Waals surface area contributed by atoms with Crippen molar-refractivity contribution in [1.29, 1.82) is 0 Å². The van der Waals surface area contributed by atoms with Gasteiger partial charge in [-0.1, -0.05) is 6.07 Å². The minimum absolute atomic E-state index is 0.0817. The molecule has 0 aliphatic heterocycles. The summed E-state index contributed by atoms with van der Waals surface area (Å²) in [6, 6.07) is 3.98.